The van der Waals surface area contributed by atoms with Crippen LogP contribution in [0.3, 0.4) is 0 Å². The number of hydrogen-bond donors (Lipinski definition) is 2. The van der Waals surface area contributed by atoms with E-state index in [2.05, 4.69) is 4.98 Å². The summed E-state index contributed by atoms with van der Waals surface area (Å²) in [5.41, 5.74) is 1.13. The van der Waals surface area contributed by atoms with Gasteiger partial charge in [0.05, 0.1) is 5.52 Å². The van der Waals surface area contributed by atoms with E-state index in [9.17, 15) is 31.1 Å². The number of rotatable bonds is 5. The van der Waals surface area contributed by atoms with Gasteiger partial charge >= 0.3 is 6.18 Å². The lowest BCUT2D eigenvalue weighted by Crippen LogP contribution is -2.43. The molecule has 1 aromatic heterocycles. The standard InChI is InChI=1S/C20H16F6N2O/c1-10(20(24,25)26)27-17(29)7-6-14-15-8-13(22)9-16(23)19(15)28-18(14)11-2-4-12(21)5-3-11/h2-5,8-10,28H,6-7H2,1H3,(H,27,29). The third-order valence-corrected chi connectivity index (χ3v) is 4.54. The fraction of sp³-hybridized carbons (Fsp3) is 0.250. The lowest BCUT2D eigenvalue weighted by atomic mass is 10.0. The van der Waals surface area contributed by atoms with Crippen molar-refractivity contribution in [2.45, 2.75) is 32.0 Å². The smallest absolute Gasteiger partial charge is 0.352 e. The number of fused-ring (bicyclic) bond motifs is 1. The number of benzene rings is 2. The number of aromatic nitrogens is 1. The van der Waals surface area contributed by atoms with Gasteiger partial charge in [-0.3, -0.25) is 4.79 Å². The molecule has 3 nitrogen and oxygen atoms in total. The van der Waals surface area contributed by atoms with Crippen molar-refractivity contribution in [3.63, 3.8) is 0 Å². The van der Waals surface area contributed by atoms with Crippen LogP contribution in [0.2, 0.25) is 0 Å². The van der Waals surface area contributed by atoms with Gasteiger partial charge in [0.25, 0.3) is 0 Å². The molecule has 0 fully saturated rings. The van der Waals surface area contributed by atoms with Crippen LogP contribution in [0, 0.1) is 17.5 Å². The van der Waals surface area contributed by atoms with E-state index in [0.29, 0.717) is 22.9 Å². The predicted octanol–water partition coefficient (Wildman–Crippen LogP) is 5.25. The Balaban J connectivity index is 1.95. The largest absolute Gasteiger partial charge is 0.408 e. The molecule has 9 heteroatoms. The van der Waals surface area contributed by atoms with Crippen LogP contribution in [0.1, 0.15) is 18.9 Å². The summed E-state index contributed by atoms with van der Waals surface area (Å²) >= 11 is 0. The molecule has 2 N–H and O–H groups in total. The number of nitrogens with one attached hydrogen (secondary N) is 2. The SMILES string of the molecule is CC(NC(=O)CCc1c(-c2ccc(F)cc2)[nH]c2c(F)cc(F)cc12)C(F)(F)F. The second kappa shape index (κ2) is 7.81. The highest BCUT2D eigenvalue weighted by Gasteiger charge is 2.36. The lowest BCUT2D eigenvalue weighted by Gasteiger charge is -2.17. The number of alkyl halides is 3. The van der Waals surface area contributed by atoms with Crippen LogP contribution in [-0.4, -0.2) is 23.1 Å². The molecule has 0 radical (unpaired) electrons. The molecule has 0 aliphatic carbocycles. The molecule has 0 saturated heterocycles. The fourth-order valence-electron chi connectivity index (χ4n) is 3.03. The molecule has 3 aromatic rings. The van der Waals surface area contributed by atoms with Crippen LogP contribution < -0.4 is 5.32 Å². The monoisotopic (exact) mass is 414 g/mol. The van der Waals surface area contributed by atoms with E-state index in [1.165, 1.54) is 24.3 Å². The molecular weight excluding hydrogens is 398 g/mol. The highest BCUT2D eigenvalue weighted by molar-refractivity contribution is 5.92. The number of amides is 1. The predicted molar refractivity (Wildman–Crippen MR) is 95.6 cm³/mol. The first-order valence-corrected chi connectivity index (χ1v) is 8.68. The summed E-state index contributed by atoms with van der Waals surface area (Å²) in [4.78, 5) is 14.7. The van der Waals surface area contributed by atoms with Crippen molar-refractivity contribution >= 4 is 16.8 Å². The summed E-state index contributed by atoms with van der Waals surface area (Å²) in [5.74, 6) is -3.05. The van der Waals surface area contributed by atoms with Crippen LogP contribution >= 0.6 is 0 Å². The molecule has 1 atom stereocenters. The summed E-state index contributed by atoms with van der Waals surface area (Å²) in [7, 11) is 0. The van der Waals surface area contributed by atoms with Crippen molar-refractivity contribution in [1.29, 1.82) is 0 Å². The minimum Gasteiger partial charge on any atom is -0.352 e. The van der Waals surface area contributed by atoms with Gasteiger partial charge in [0.2, 0.25) is 5.91 Å². The highest BCUT2D eigenvalue weighted by Crippen LogP contribution is 2.33. The zero-order valence-electron chi connectivity index (χ0n) is 15.1. The van der Waals surface area contributed by atoms with Crippen molar-refractivity contribution in [3.8, 4) is 11.3 Å². The molecule has 1 amide bonds. The third-order valence-electron chi connectivity index (χ3n) is 4.54. The maximum Gasteiger partial charge on any atom is 0.408 e. The molecule has 3 rings (SSSR count). The van der Waals surface area contributed by atoms with Gasteiger partial charge in [-0.05, 0) is 54.8 Å². The minimum atomic E-state index is -4.58. The van der Waals surface area contributed by atoms with Gasteiger partial charge in [-0.25, -0.2) is 13.2 Å². The number of aryl methyl sites for hydroxylation is 1. The van der Waals surface area contributed by atoms with Gasteiger partial charge in [0.1, 0.15) is 23.5 Å². The summed E-state index contributed by atoms with van der Waals surface area (Å²) < 4.78 is 79.0. The number of H-pyrrole nitrogens is 1. The second-order valence-electron chi connectivity index (χ2n) is 6.63. The Morgan fingerprint density at radius 2 is 1.72 bits per heavy atom. The molecule has 1 heterocycles. The molecule has 0 aliphatic heterocycles. The molecule has 1 unspecified atom stereocenters. The average Bonchev–Trinajstić information content (AvgIpc) is 2.98. The quantitative estimate of drug-likeness (QED) is 0.551. The topological polar surface area (TPSA) is 44.9 Å². The summed E-state index contributed by atoms with van der Waals surface area (Å²) in [6.45, 7) is 0.818. The van der Waals surface area contributed by atoms with E-state index < -0.39 is 35.6 Å². The van der Waals surface area contributed by atoms with Crippen molar-refractivity contribution in [2.24, 2.45) is 0 Å². The fourth-order valence-corrected chi connectivity index (χ4v) is 3.03. The normalized spacial score (nSPS) is 12.9. The Morgan fingerprint density at radius 3 is 2.34 bits per heavy atom. The van der Waals surface area contributed by atoms with Gasteiger partial charge in [-0.15, -0.1) is 0 Å². The first-order chi connectivity index (χ1) is 13.6. The van der Waals surface area contributed by atoms with E-state index >= 15 is 0 Å². The van der Waals surface area contributed by atoms with Gasteiger partial charge in [0.15, 0.2) is 0 Å². The van der Waals surface area contributed by atoms with E-state index in [-0.39, 0.29) is 23.7 Å². The lowest BCUT2D eigenvalue weighted by molar-refractivity contribution is -0.158. The summed E-state index contributed by atoms with van der Waals surface area (Å²) in [6, 6.07) is 4.94. The molecule has 2 aromatic carbocycles. The van der Waals surface area contributed by atoms with Crippen LogP contribution in [0.5, 0.6) is 0 Å². The van der Waals surface area contributed by atoms with Crippen molar-refractivity contribution < 1.29 is 31.1 Å². The Labute approximate surface area is 161 Å². The first kappa shape index (κ1) is 20.8. The zero-order valence-corrected chi connectivity index (χ0v) is 15.1. The Kier molecular flexibility index (Phi) is 5.59. The Bertz CT molecular complexity index is 1040. The van der Waals surface area contributed by atoms with E-state index in [4.69, 9.17) is 0 Å². The molecule has 0 bridgehead atoms. The van der Waals surface area contributed by atoms with Crippen LogP contribution in [0.4, 0.5) is 26.3 Å². The molecule has 0 spiro atoms. The number of halogens is 6. The Hall–Kier alpha value is -2.97. The molecule has 154 valence electrons. The van der Waals surface area contributed by atoms with Gasteiger partial charge in [-0.1, -0.05) is 0 Å². The number of carbonyl (C=O) groups excluding carboxylic acids is 1. The molecule has 0 aliphatic rings. The number of aromatic amines is 1. The molecule has 29 heavy (non-hydrogen) atoms. The van der Waals surface area contributed by atoms with E-state index in [1.807, 2.05) is 5.32 Å². The van der Waals surface area contributed by atoms with Crippen LogP contribution in [-0.2, 0) is 11.2 Å². The zero-order chi connectivity index (χ0) is 21.3. The number of carbonyl (C=O) groups is 1. The minimum absolute atomic E-state index is 0.00945. The maximum atomic E-state index is 14.2. The molecular formula is C20H16F6N2O. The van der Waals surface area contributed by atoms with E-state index in [1.54, 1.807) is 0 Å². The second-order valence-corrected chi connectivity index (χ2v) is 6.63. The summed E-state index contributed by atoms with van der Waals surface area (Å²) in [5, 5.41) is 2.01. The number of hydrogen-bond acceptors (Lipinski definition) is 1. The summed E-state index contributed by atoms with van der Waals surface area (Å²) in [6.07, 6.45) is -4.99. The maximum absolute atomic E-state index is 14.2. The van der Waals surface area contributed by atoms with Crippen molar-refractivity contribution in [3.05, 3.63) is 59.4 Å². The van der Waals surface area contributed by atoms with Crippen LogP contribution in [0.15, 0.2) is 36.4 Å². The molecule has 0 saturated carbocycles. The third kappa shape index (κ3) is 4.55. The van der Waals surface area contributed by atoms with Crippen LogP contribution in [0.25, 0.3) is 22.2 Å². The van der Waals surface area contributed by atoms with Gasteiger partial charge < -0.3 is 10.3 Å². The van der Waals surface area contributed by atoms with Gasteiger partial charge in [-0.2, -0.15) is 13.2 Å². The van der Waals surface area contributed by atoms with Crippen molar-refractivity contribution in [1.82, 2.24) is 10.3 Å². The highest BCUT2D eigenvalue weighted by atomic mass is 19.4. The Morgan fingerprint density at radius 1 is 1.07 bits per heavy atom. The first-order valence-electron chi connectivity index (χ1n) is 8.68. The van der Waals surface area contributed by atoms with E-state index in [0.717, 1.165) is 13.0 Å². The average molecular weight is 414 g/mol. The van der Waals surface area contributed by atoms with Gasteiger partial charge in [0, 0.05) is 23.6 Å². The van der Waals surface area contributed by atoms with Crippen molar-refractivity contribution in [2.75, 3.05) is 0 Å².